The predicted octanol–water partition coefficient (Wildman–Crippen LogP) is -0.0809. The van der Waals surface area contributed by atoms with Crippen LogP contribution in [-0.4, -0.2) is 73.7 Å². The highest BCUT2D eigenvalue weighted by atomic mass is 16.5. The maximum Gasteiger partial charge on any atom is 0.223 e. The van der Waals surface area contributed by atoms with Gasteiger partial charge in [0.05, 0.1) is 12.2 Å². The second kappa shape index (κ2) is 5.99. The standard InChI is InChI=1S/C13H25N3O2/c1-13(2)11-15(9-10-18-13)6-3-12(17)16-7-4-14-5-8-16/h14H,3-11H2,1-2H3. The summed E-state index contributed by atoms with van der Waals surface area (Å²) in [5, 5.41) is 3.26. The fraction of sp³-hybridized carbons (Fsp3) is 0.923. The van der Waals surface area contributed by atoms with Gasteiger partial charge in [-0.3, -0.25) is 9.69 Å². The highest BCUT2D eigenvalue weighted by Gasteiger charge is 2.27. The number of carbonyl (C=O) groups is 1. The molecule has 5 nitrogen and oxygen atoms in total. The summed E-state index contributed by atoms with van der Waals surface area (Å²) >= 11 is 0. The molecule has 0 aromatic rings. The molecule has 104 valence electrons. The molecule has 18 heavy (non-hydrogen) atoms. The Balaban J connectivity index is 1.72. The van der Waals surface area contributed by atoms with Gasteiger partial charge in [-0.25, -0.2) is 0 Å². The maximum atomic E-state index is 12.0. The van der Waals surface area contributed by atoms with Gasteiger partial charge in [0.25, 0.3) is 0 Å². The SMILES string of the molecule is CC1(C)CN(CCC(=O)N2CCNCC2)CCO1. The van der Waals surface area contributed by atoms with E-state index in [1.165, 1.54) is 0 Å². The van der Waals surface area contributed by atoms with Gasteiger partial charge in [-0.05, 0) is 13.8 Å². The minimum absolute atomic E-state index is 0.0731. The van der Waals surface area contributed by atoms with E-state index in [0.717, 1.165) is 52.4 Å². The van der Waals surface area contributed by atoms with Gasteiger partial charge in [-0.15, -0.1) is 0 Å². The first-order valence-electron chi connectivity index (χ1n) is 6.92. The fourth-order valence-electron chi connectivity index (χ4n) is 2.63. The Hall–Kier alpha value is -0.650. The van der Waals surface area contributed by atoms with E-state index in [-0.39, 0.29) is 5.60 Å². The number of morpholine rings is 1. The Morgan fingerprint density at radius 2 is 2.00 bits per heavy atom. The average Bonchev–Trinajstić information content (AvgIpc) is 2.36. The Morgan fingerprint density at radius 3 is 2.67 bits per heavy atom. The molecular weight excluding hydrogens is 230 g/mol. The van der Waals surface area contributed by atoms with E-state index in [0.29, 0.717) is 12.3 Å². The second-order valence-electron chi connectivity index (χ2n) is 5.77. The van der Waals surface area contributed by atoms with Crippen LogP contribution in [0.1, 0.15) is 20.3 Å². The molecule has 0 spiro atoms. The number of amides is 1. The van der Waals surface area contributed by atoms with Crippen molar-refractivity contribution in [3.05, 3.63) is 0 Å². The maximum absolute atomic E-state index is 12.0. The number of ether oxygens (including phenoxy) is 1. The molecule has 0 aromatic carbocycles. The first-order valence-corrected chi connectivity index (χ1v) is 6.92. The third-order valence-electron chi connectivity index (χ3n) is 3.62. The number of hydrogen-bond donors (Lipinski definition) is 1. The number of carbonyl (C=O) groups excluding carboxylic acids is 1. The van der Waals surface area contributed by atoms with Crippen LogP contribution in [0.3, 0.4) is 0 Å². The van der Waals surface area contributed by atoms with Crippen molar-refractivity contribution in [1.29, 1.82) is 0 Å². The average molecular weight is 255 g/mol. The normalized spacial score (nSPS) is 25.1. The minimum atomic E-state index is -0.0731. The number of nitrogens with one attached hydrogen (secondary N) is 1. The Labute approximate surface area is 109 Å². The molecule has 0 saturated carbocycles. The molecule has 2 rings (SSSR count). The van der Waals surface area contributed by atoms with Crippen LogP contribution in [0.4, 0.5) is 0 Å². The minimum Gasteiger partial charge on any atom is -0.373 e. The molecule has 0 bridgehead atoms. The summed E-state index contributed by atoms with van der Waals surface area (Å²) in [4.78, 5) is 16.4. The molecule has 2 aliphatic heterocycles. The zero-order valence-corrected chi connectivity index (χ0v) is 11.6. The quantitative estimate of drug-likeness (QED) is 0.766. The number of hydrogen-bond acceptors (Lipinski definition) is 4. The summed E-state index contributed by atoms with van der Waals surface area (Å²) < 4.78 is 5.67. The van der Waals surface area contributed by atoms with Crippen LogP contribution < -0.4 is 5.32 Å². The van der Waals surface area contributed by atoms with E-state index < -0.39 is 0 Å². The van der Waals surface area contributed by atoms with E-state index in [1.54, 1.807) is 0 Å². The van der Waals surface area contributed by atoms with Gasteiger partial charge in [-0.1, -0.05) is 0 Å². The third-order valence-corrected chi connectivity index (χ3v) is 3.62. The molecule has 1 N–H and O–H groups in total. The number of piperazine rings is 1. The lowest BCUT2D eigenvalue weighted by Gasteiger charge is -2.38. The van der Waals surface area contributed by atoms with Crippen LogP contribution in [0.5, 0.6) is 0 Å². The molecule has 0 aliphatic carbocycles. The van der Waals surface area contributed by atoms with Crippen molar-refractivity contribution < 1.29 is 9.53 Å². The fourth-order valence-corrected chi connectivity index (χ4v) is 2.63. The smallest absolute Gasteiger partial charge is 0.223 e. The van der Waals surface area contributed by atoms with Gasteiger partial charge in [-0.2, -0.15) is 0 Å². The van der Waals surface area contributed by atoms with Crippen molar-refractivity contribution in [3.8, 4) is 0 Å². The van der Waals surface area contributed by atoms with Crippen molar-refractivity contribution in [2.24, 2.45) is 0 Å². The Morgan fingerprint density at radius 1 is 1.28 bits per heavy atom. The molecule has 2 aliphatic rings. The van der Waals surface area contributed by atoms with Gasteiger partial charge in [0.1, 0.15) is 0 Å². The second-order valence-corrected chi connectivity index (χ2v) is 5.77. The molecule has 2 fully saturated rings. The van der Waals surface area contributed by atoms with Gasteiger partial charge in [0.2, 0.25) is 5.91 Å². The summed E-state index contributed by atoms with van der Waals surface area (Å²) in [5.74, 6) is 0.292. The third kappa shape index (κ3) is 3.93. The lowest BCUT2D eigenvalue weighted by Crippen LogP contribution is -2.50. The zero-order chi connectivity index (χ0) is 13.0. The van der Waals surface area contributed by atoms with Crippen molar-refractivity contribution >= 4 is 5.91 Å². The largest absolute Gasteiger partial charge is 0.373 e. The molecule has 1 amide bonds. The summed E-state index contributed by atoms with van der Waals surface area (Å²) in [6.07, 6.45) is 0.635. The van der Waals surface area contributed by atoms with Gasteiger partial charge >= 0.3 is 0 Å². The van der Waals surface area contributed by atoms with Crippen LogP contribution in [-0.2, 0) is 9.53 Å². The molecule has 0 unspecified atom stereocenters. The van der Waals surface area contributed by atoms with Crippen LogP contribution in [0.25, 0.3) is 0 Å². The van der Waals surface area contributed by atoms with Gasteiger partial charge in [0, 0.05) is 52.2 Å². The molecule has 2 saturated heterocycles. The van der Waals surface area contributed by atoms with Gasteiger partial charge in [0.15, 0.2) is 0 Å². The van der Waals surface area contributed by atoms with Crippen molar-refractivity contribution in [1.82, 2.24) is 15.1 Å². The monoisotopic (exact) mass is 255 g/mol. The van der Waals surface area contributed by atoms with Gasteiger partial charge < -0.3 is 15.0 Å². The molecule has 0 aromatic heterocycles. The lowest BCUT2D eigenvalue weighted by molar-refractivity contribution is -0.133. The Kier molecular flexibility index (Phi) is 4.59. The number of rotatable bonds is 3. The Bertz CT molecular complexity index is 288. The van der Waals surface area contributed by atoms with E-state index in [1.807, 2.05) is 4.90 Å². The summed E-state index contributed by atoms with van der Waals surface area (Å²) in [6, 6.07) is 0. The number of nitrogens with zero attached hydrogens (tertiary/aromatic N) is 2. The topological polar surface area (TPSA) is 44.8 Å². The van der Waals surface area contributed by atoms with Crippen molar-refractivity contribution in [2.45, 2.75) is 25.9 Å². The van der Waals surface area contributed by atoms with Crippen LogP contribution in [0, 0.1) is 0 Å². The first-order chi connectivity index (χ1) is 8.57. The highest BCUT2D eigenvalue weighted by molar-refractivity contribution is 5.76. The van der Waals surface area contributed by atoms with Crippen LogP contribution in [0.15, 0.2) is 0 Å². The summed E-state index contributed by atoms with van der Waals surface area (Å²) in [5.41, 5.74) is -0.0731. The van der Waals surface area contributed by atoms with Crippen molar-refractivity contribution in [3.63, 3.8) is 0 Å². The van der Waals surface area contributed by atoms with E-state index in [4.69, 9.17) is 4.74 Å². The first kappa shape index (κ1) is 13.8. The predicted molar refractivity (Wildman–Crippen MR) is 70.5 cm³/mol. The summed E-state index contributed by atoms with van der Waals surface area (Å²) in [7, 11) is 0. The molecule has 5 heteroatoms. The molecular formula is C13H25N3O2. The van der Waals surface area contributed by atoms with Crippen molar-refractivity contribution in [2.75, 3.05) is 52.4 Å². The highest BCUT2D eigenvalue weighted by Crippen LogP contribution is 2.16. The van der Waals surface area contributed by atoms with E-state index >= 15 is 0 Å². The zero-order valence-electron chi connectivity index (χ0n) is 11.6. The van der Waals surface area contributed by atoms with E-state index in [9.17, 15) is 4.79 Å². The lowest BCUT2D eigenvalue weighted by atomic mass is 10.1. The van der Waals surface area contributed by atoms with E-state index in [2.05, 4.69) is 24.1 Å². The molecule has 2 heterocycles. The summed E-state index contributed by atoms with van der Waals surface area (Å²) in [6.45, 7) is 11.3. The van der Waals surface area contributed by atoms with Crippen LogP contribution in [0.2, 0.25) is 0 Å². The van der Waals surface area contributed by atoms with Crippen LogP contribution >= 0.6 is 0 Å². The molecule has 0 radical (unpaired) electrons. The molecule has 0 atom stereocenters.